The van der Waals surface area contributed by atoms with Gasteiger partial charge in [-0.05, 0) is 117 Å². The van der Waals surface area contributed by atoms with Gasteiger partial charge in [-0.15, -0.1) is 0 Å². The molecule has 2 nitrogen and oxygen atoms in total. The van der Waals surface area contributed by atoms with Crippen LogP contribution in [0.15, 0.2) is 188 Å². The van der Waals surface area contributed by atoms with Gasteiger partial charge in [-0.3, -0.25) is 0 Å². The zero-order valence-electron chi connectivity index (χ0n) is 30.0. The molecule has 0 fully saturated rings. The molecule has 2 heteroatoms. The van der Waals surface area contributed by atoms with Crippen LogP contribution in [0.3, 0.4) is 0 Å². The second kappa shape index (κ2) is 12.8. The molecule has 1 atom stereocenters. The van der Waals surface area contributed by atoms with Crippen molar-refractivity contribution in [2.75, 3.05) is 0 Å². The Labute approximate surface area is 319 Å². The zero-order chi connectivity index (χ0) is 36.3. The third-order valence-corrected chi connectivity index (χ3v) is 11.4. The van der Waals surface area contributed by atoms with Crippen molar-refractivity contribution in [2.24, 2.45) is 0 Å². The van der Waals surface area contributed by atoms with Crippen LogP contribution < -0.4 is 0 Å². The number of aromatic nitrogens is 2. The van der Waals surface area contributed by atoms with Gasteiger partial charge in [-0.1, -0.05) is 164 Å². The quantitative estimate of drug-likeness (QED) is 0.135. The molecule has 10 aromatic rings. The molecule has 0 N–H and O–H groups in total. The molecule has 1 heterocycles. The number of rotatable bonds is 4. The van der Waals surface area contributed by atoms with Crippen LogP contribution >= 0.6 is 0 Å². The fraction of sp³-hybridized carbons (Fsp3) is 0.0189. The van der Waals surface area contributed by atoms with E-state index in [0.717, 1.165) is 22.2 Å². The summed E-state index contributed by atoms with van der Waals surface area (Å²) in [4.78, 5) is 9.54. The third kappa shape index (κ3) is 5.18. The van der Waals surface area contributed by atoms with Crippen LogP contribution in [-0.4, -0.2) is 9.97 Å². The van der Waals surface area contributed by atoms with Gasteiger partial charge in [0.15, 0.2) is 5.82 Å². The predicted molar refractivity (Wildman–Crippen MR) is 233 cm³/mol. The van der Waals surface area contributed by atoms with E-state index in [0.29, 0.717) is 0 Å². The van der Waals surface area contributed by atoms with Gasteiger partial charge in [-0.2, -0.15) is 0 Å². The molecule has 9 aromatic carbocycles. The van der Waals surface area contributed by atoms with Gasteiger partial charge in [0.1, 0.15) is 0 Å². The van der Waals surface area contributed by atoms with Crippen molar-refractivity contribution in [1.82, 2.24) is 9.97 Å². The Morgan fingerprint density at radius 3 is 1.58 bits per heavy atom. The first-order valence-electron chi connectivity index (χ1n) is 18.9. The zero-order valence-corrected chi connectivity index (χ0v) is 30.0. The molecule has 0 spiro atoms. The highest BCUT2D eigenvalue weighted by Gasteiger charge is 2.20. The highest BCUT2D eigenvalue weighted by atomic mass is 14.9. The van der Waals surface area contributed by atoms with Gasteiger partial charge in [-0.25, -0.2) is 9.97 Å². The van der Waals surface area contributed by atoms with Gasteiger partial charge in [0.2, 0.25) is 0 Å². The second-order valence-electron chi connectivity index (χ2n) is 14.5. The summed E-state index contributed by atoms with van der Waals surface area (Å²) in [5.74, 6) is 0.880. The van der Waals surface area contributed by atoms with Crippen molar-refractivity contribution in [1.29, 1.82) is 0 Å². The lowest BCUT2D eigenvalue weighted by molar-refractivity contribution is 1.10. The highest BCUT2D eigenvalue weighted by molar-refractivity contribution is 6.25. The predicted octanol–water partition coefficient (Wildman–Crippen LogP) is 14.1. The third-order valence-electron chi connectivity index (χ3n) is 11.4. The fourth-order valence-corrected chi connectivity index (χ4v) is 8.83. The van der Waals surface area contributed by atoms with Crippen LogP contribution in [0.1, 0.15) is 22.6 Å². The summed E-state index contributed by atoms with van der Waals surface area (Å²) in [5.41, 5.74) is 9.54. The molecule has 0 amide bonds. The summed E-state index contributed by atoms with van der Waals surface area (Å²) in [6.45, 7) is 0. The maximum atomic E-state index is 4.77. The minimum Gasteiger partial charge on any atom is -0.237 e. The molecule has 0 aliphatic heterocycles. The molecule has 0 saturated carbocycles. The van der Waals surface area contributed by atoms with E-state index in [1.54, 1.807) is 0 Å². The molecule has 1 unspecified atom stereocenters. The van der Waals surface area contributed by atoms with Crippen LogP contribution in [0.5, 0.6) is 0 Å². The van der Waals surface area contributed by atoms with Gasteiger partial charge in [0.05, 0.1) is 0 Å². The maximum absolute atomic E-state index is 4.77. The Morgan fingerprint density at radius 1 is 0.327 bits per heavy atom. The van der Waals surface area contributed by atoms with E-state index in [2.05, 4.69) is 182 Å². The monoisotopic (exact) mass is 698 g/mol. The Kier molecular flexibility index (Phi) is 7.28. The fourth-order valence-electron chi connectivity index (χ4n) is 8.83. The topological polar surface area (TPSA) is 25.8 Å². The number of hydrogen-bond donors (Lipinski definition) is 0. The lowest BCUT2D eigenvalue weighted by Gasteiger charge is -2.18. The lowest BCUT2D eigenvalue weighted by Crippen LogP contribution is -1.95. The summed E-state index contributed by atoms with van der Waals surface area (Å²) in [7, 11) is 0. The van der Waals surface area contributed by atoms with Gasteiger partial charge in [0.25, 0.3) is 0 Å². The van der Waals surface area contributed by atoms with Crippen molar-refractivity contribution >= 4 is 66.0 Å². The summed E-state index contributed by atoms with van der Waals surface area (Å²) in [5, 5.41) is 12.5. The first-order chi connectivity index (χ1) is 27.3. The molecule has 0 bridgehead atoms. The average molecular weight is 699 g/mol. The van der Waals surface area contributed by atoms with E-state index in [1.807, 2.05) is 18.5 Å². The lowest BCUT2D eigenvalue weighted by atomic mass is 9.86. The number of allylic oxidation sites excluding steroid dienone is 2. The first-order valence-corrected chi connectivity index (χ1v) is 18.9. The van der Waals surface area contributed by atoms with Crippen LogP contribution in [0.2, 0.25) is 0 Å². The highest BCUT2D eigenvalue weighted by Crippen LogP contribution is 2.45. The second-order valence-corrected chi connectivity index (χ2v) is 14.5. The number of nitrogens with zero attached hydrogens (tertiary/aromatic N) is 2. The van der Waals surface area contributed by atoms with E-state index < -0.39 is 0 Å². The molecule has 1 aromatic heterocycles. The van der Waals surface area contributed by atoms with Crippen molar-refractivity contribution in [3.63, 3.8) is 0 Å². The summed E-state index contributed by atoms with van der Waals surface area (Å²) >= 11 is 0. The molecule has 0 radical (unpaired) electrons. The number of benzene rings is 9. The number of fused-ring (bicyclic) bond motifs is 9. The van der Waals surface area contributed by atoms with Crippen LogP contribution in [0, 0.1) is 0 Å². The number of hydrogen-bond acceptors (Lipinski definition) is 2. The Morgan fingerprint density at radius 2 is 0.873 bits per heavy atom. The normalized spacial score (nSPS) is 13.9. The first kappa shape index (κ1) is 31.4. The molecule has 1 aliphatic rings. The molecule has 0 saturated heterocycles. The summed E-state index contributed by atoms with van der Waals surface area (Å²) < 4.78 is 0. The van der Waals surface area contributed by atoms with Crippen LogP contribution in [-0.2, 0) is 0 Å². The van der Waals surface area contributed by atoms with Crippen molar-refractivity contribution in [2.45, 2.75) is 5.92 Å². The Balaban J connectivity index is 1.06. The van der Waals surface area contributed by atoms with E-state index in [1.165, 1.54) is 82.0 Å². The molecule has 1 aliphatic carbocycles. The molecular weight excluding hydrogens is 665 g/mol. The van der Waals surface area contributed by atoms with E-state index in [-0.39, 0.29) is 5.92 Å². The van der Waals surface area contributed by atoms with Gasteiger partial charge >= 0.3 is 0 Å². The summed E-state index contributed by atoms with van der Waals surface area (Å²) in [6, 6.07) is 59.6. The maximum Gasteiger partial charge on any atom is 0.160 e. The van der Waals surface area contributed by atoms with Crippen molar-refractivity contribution < 1.29 is 0 Å². The summed E-state index contributed by atoms with van der Waals surface area (Å²) in [6.07, 6.45) is 13.0. The molecule has 55 heavy (non-hydrogen) atoms. The van der Waals surface area contributed by atoms with Gasteiger partial charge in [0, 0.05) is 23.9 Å². The van der Waals surface area contributed by atoms with Crippen LogP contribution in [0.4, 0.5) is 0 Å². The van der Waals surface area contributed by atoms with Crippen molar-refractivity contribution in [3.8, 4) is 33.6 Å². The van der Waals surface area contributed by atoms with Crippen LogP contribution in [0.25, 0.3) is 99.7 Å². The molecular formula is C53H34N2. The molecule has 11 rings (SSSR count). The average Bonchev–Trinajstić information content (AvgIpc) is 3.48. The SMILES string of the molecule is C1=CC(c2ccc3c4ccccc4c4ccccc4c3c2)C=Cc2cc(-c3c4ccccc4c(-c4ncccn4)c4cc(-c5ccccc5)ccc34)ccc21. The smallest absolute Gasteiger partial charge is 0.160 e. The standard InChI is InChI=1S/C53H34N2/c1-2-11-34(12-3-1)39-26-28-48-50(33-39)52(53-54-29-10-30-55-53)47-18-9-8-17-46(47)51(48)40-24-22-35-19-20-36(21-23-37(35)31-40)38-25-27-45-43-15-5-4-13-41(43)42-14-6-7-16-44(42)49(45)32-38/h1-33,36H. The Hall–Kier alpha value is -7.16. The van der Waals surface area contributed by atoms with Crippen molar-refractivity contribution in [3.05, 3.63) is 205 Å². The van der Waals surface area contributed by atoms with E-state index >= 15 is 0 Å². The largest absolute Gasteiger partial charge is 0.237 e. The van der Waals surface area contributed by atoms with E-state index in [9.17, 15) is 0 Å². The minimum atomic E-state index is 0.147. The minimum absolute atomic E-state index is 0.147. The van der Waals surface area contributed by atoms with Gasteiger partial charge < -0.3 is 0 Å². The van der Waals surface area contributed by atoms with E-state index in [4.69, 9.17) is 9.97 Å². The Bertz CT molecular complexity index is 3160. The molecule has 256 valence electrons.